The summed E-state index contributed by atoms with van der Waals surface area (Å²) in [6.45, 7) is 14.5. The molecule has 0 fully saturated rings. The number of rotatable bonds is 9. The monoisotopic (exact) mass is 561 g/mol. The first kappa shape index (κ1) is 31.5. The lowest BCUT2D eigenvalue weighted by Crippen LogP contribution is -2.54. The number of phenolic OH excluding ortho intramolecular Hbond substituents is 1. The smallest absolute Gasteiger partial charge is 0.408 e. The number of para-hydroxylation sites is 1. The summed E-state index contributed by atoms with van der Waals surface area (Å²) in [6.07, 6.45) is -0.379. The second kappa shape index (κ2) is 13.1. The van der Waals surface area contributed by atoms with Crippen molar-refractivity contribution in [2.45, 2.75) is 85.5 Å². The first-order chi connectivity index (χ1) is 19.2. The second-order valence-electron chi connectivity index (χ2n) is 12.1. The van der Waals surface area contributed by atoms with Crippen molar-refractivity contribution in [2.24, 2.45) is 5.92 Å². The van der Waals surface area contributed by atoms with Gasteiger partial charge in [0.05, 0.1) is 0 Å². The van der Waals surface area contributed by atoms with E-state index in [2.05, 4.69) is 10.6 Å². The zero-order valence-electron chi connectivity index (χ0n) is 25.3. The number of ether oxygens (including phenoxy) is 1. The van der Waals surface area contributed by atoms with E-state index in [0.29, 0.717) is 23.2 Å². The van der Waals surface area contributed by atoms with Crippen molar-refractivity contribution >= 4 is 34.4 Å². The zero-order chi connectivity index (χ0) is 30.5. The summed E-state index contributed by atoms with van der Waals surface area (Å²) in [6, 6.07) is 16.0. The van der Waals surface area contributed by atoms with Gasteiger partial charge >= 0.3 is 6.09 Å². The van der Waals surface area contributed by atoms with Crippen LogP contribution in [0.5, 0.6) is 5.75 Å². The van der Waals surface area contributed by atoms with Gasteiger partial charge in [-0.25, -0.2) is 4.79 Å². The maximum Gasteiger partial charge on any atom is 0.408 e. The Morgan fingerprint density at radius 3 is 2.20 bits per heavy atom. The molecule has 3 amide bonds. The second-order valence-corrected chi connectivity index (χ2v) is 12.1. The van der Waals surface area contributed by atoms with Crippen LogP contribution in [0.15, 0.2) is 60.7 Å². The maximum absolute atomic E-state index is 14.3. The minimum atomic E-state index is -1.18. The molecule has 3 aromatic carbocycles. The van der Waals surface area contributed by atoms with Crippen molar-refractivity contribution in [3.63, 3.8) is 0 Å². The fourth-order valence-corrected chi connectivity index (χ4v) is 4.80. The van der Waals surface area contributed by atoms with Crippen LogP contribution in [0.25, 0.3) is 10.8 Å². The lowest BCUT2D eigenvalue weighted by molar-refractivity contribution is -0.143. The molecule has 0 aliphatic heterocycles. The fourth-order valence-electron chi connectivity index (χ4n) is 4.80. The van der Waals surface area contributed by atoms with Gasteiger partial charge in [0, 0.05) is 17.3 Å². The first-order valence-electron chi connectivity index (χ1n) is 14.1. The van der Waals surface area contributed by atoms with Crippen LogP contribution >= 0.6 is 0 Å². The Balaban J connectivity index is 2.06. The molecule has 0 saturated heterocycles. The van der Waals surface area contributed by atoms with E-state index in [0.717, 1.165) is 10.8 Å². The third kappa shape index (κ3) is 8.22. The Labute approximate surface area is 243 Å². The molecule has 8 nitrogen and oxygen atoms in total. The molecule has 41 heavy (non-hydrogen) atoms. The van der Waals surface area contributed by atoms with Gasteiger partial charge in [-0.2, -0.15) is 0 Å². The van der Waals surface area contributed by atoms with E-state index < -0.39 is 41.6 Å². The number of aromatic hydroxyl groups is 1. The Morgan fingerprint density at radius 2 is 1.59 bits per heavy atom. The summed E-state index contributed by atoms with van der Waals surface area (Å²) in [5.74, 6) is -0.932. The molecule has 0 saturated carbocycles. The van der Waals surface area contributed by atoms with E-state index in [1.54, 1.807) is 65.8 Å². The molecule has 0 aliphatic rings. The fraction of sp³-hybridized carbons (Fsp3) is 0.424. The molecule has 2 unspecified atom stereocenters. The number of nitrogens with one attached hydrogen (secondary N) is 2. The number of hydrogen-bond donors (Lipinski definition) is 3. The number of carbonyl (C=O) groups is 3. The van der Waals surface area contributed by atoms with Crippen LogP contribution in [0.2, 0.25) is 0 Å². The number of carbonyl (C=O) groups excluding carboxylic acids is 3. The number of benzene rings is 3. The summed E-state index contributed by atoms with van der Waals surface area (Å²) in [4.78, 5) is 42.5. The van der Waals surface area contributed by atoms with Crippen LogP contribution in [-0.4, -0.2) is 45.6 Å². The minimum Gasteiger partial charge on any atom is -0.507 e. The van der Waals surface area contributed by atoms with Crippen LogP contribution in [0.3, 0.4) is 0 Å². The summed E-state index contributed by atoms with van der Waals surface area (Å²) in [7, 11) is 0. The Bertz CT molecular complexity index is 1390. The molecular weight excluding hydrogens is 518 g/mol. The number of alkyl carbamates (subject to hydrolysis) is 1. The maximum atomic E-state index is 14.3. The minimum absolute atomic E-state index is 0.0603. The Kier molecular flexibility index (Phi) is 10.0. The third-order valence-electron chi connectivity index (χ3n) is 6.61. The number of amides is 3. The molecule has 0 aromatic heterocycles. The van der Waals surface area contributed by atoms with E-state index in [1.165, 1.54) is 4.90 Å². The van der Waals surface area contributed by atoms with Crippen molar-refractivity contribution in [2.75, 3.05) is 5.32 Å². The van der Waals surface area contributed by atoms with Gasteiger partial charge in [0.2, 0.25) is 5.91 Å². The summed E-state index contributed by atoms with van der Waals surface area (Å²) in [5, 5.41) is 18.8. The number of anilines is 1. The highest BCUT2D eigenvalue weighted by Gasteiger charge is 2.39. The molecule has 0 aliphatic carbocycles. The van der Waals surface area contributed by atoms with Crippen LogP contribution < -0.4 is 10.6 Å². The van der Waals surface area contributed by atoms with Crippen molar-refractivity contribution in [3.8, 4) is 5.75 Å². The van der Waals surface area contributed by atoms with Gasteiger partial charge in [0.1, 0.15) is 23.4 Å². The van der Waals surface area contributed by atoms with Gasteiger partial charge < -0.3 is 25.4 Å². The van der Waals surface area contributed by atoms with Gasteiger partial charge in [0.25, 0.3) is 5.91 Å². The van der Waals surface area contributed by atoms with Crippen LogP contribution in [0.4, 0.5) is 10.5 Å². The highest BCUT2D eigenvalue weighted by Crippen LogP contribution is 2.34. The highest BCUT2D eigenvalue weighted by molar-refractivity contribution is 6.01. The van der Waals surface area contributed by atoms with Gasteiger partial charge in [-0.1, -0.05) is 62.4 Å². The lowest BCUT2D eigenvalue weighted by Gasteiger charge is -2.37. The predicted octanol–water partition coefficient (Wildman–Crippen LogP) is 6.71. The Hall–Kier alpha value is -4.07. The van der Waals surface area contributed by atoms with E-state index >= 15 is 0 Å². The average molecular weight is 562 g/mol. The molecular formula is C33H43N3O5. The van der Waals surface area contributed by atoms with Crippen molar-refractivity contribution in [1.29, 1.82) is 0 Å². The topological polar surface area (TPSA) is 108 Å². The first-order valence-corrected chi connectivity index (χ1v) is 14.1. The van der Waals surface area contributed by atoms with Crippen LogP contribution in [0, 0.1) is 12.8 Å². The SMILES string of the molecule is Cc1cccc(C(C(=O)Nc2ccc3ccccc3c2)N(C(=O)C(CC(C)C)NC(=O)OC(C)(C)C)C(C)C)c1O. The standard InChI is InChI=1S/C33H43N3O5/c1-20(2)18-27(35-32(40)41-33(6,7)8)31(39)36(21(3)4)28(26-15-11-12-22(5)29(26)37)30(38)34-25-17-16-23-13-9-10-14-24(23)19-25/h9-17,19-21,27-28,37H,18H2,1-8H3,(H,34,38)(H,35,40). The van der Waals surface area contributed by atoms with Crippen molar-refractivity contribution < 1.29 is 24.2 Å². The van der Waals surface area contributed by atoms with Gasteiger partial charge in [-0.3, -0.25) is 9.59 Å². The van der Waals surface area contributed by atoms with E-state index in [4.69, 9.17) is 4.74 Å². The quantitative estimate of drug-likeness (QED) is 0.269. The summed E-state index contributed by atoms with van der Waals surface area (Å²) >= 11 is 0. The number of hydrogen-bond acceptors (Lipinski definition) is 5. The molecule has 0 heterocycles. The molecule has 3 rings (SSSR count). The number of phenols is 1. The van der Waals surface area contributed by atoms with Gasteiger partial charge in [0.15, 0.2) is 0 Å². The zero-order valence-corrected chi connectivity index (χ0v) is 25.3. The Morgan fingerprint density at radius 1 is 0.927 bits per heavy atom. The highest BCUT2D eigenvalue weighted by atomic mass is 16.6. The molecule has 0 radical (unpaired) electrons. The molecule has 220 valence electrons. The van der Waals surface area contributed by atoms with Gasteiger partial charge in [-0.05, 0) is 82.3 Å². The van der Waals surface area contributed by atoms with Crippen LogP contribution in [0.1, 0.15) is 72.1 Å². The number of aryl methyl sites for hydroxylation is 1. The van der Waals surface area contributed by atoms with Crippen LogP contribution in [-0.2, 0) is 14.3 Å². The molecule has 8 heteroatoms. The predicted molar refractivity (Wildman–Crippen MR) is 163 cm³/mol. The van der Waals surface area contributed by atoms with E-state index in [9.17, 15) is 19.5 Å². The van der Waals surface area contributed by atoms with E-state index in [1.807, 2.05) is 50.2 Å². The number of fused-ring (bicyclic) bond motifs is 1. The third-order valence-corrected chi connectivity index (χ3v) is 6.61. The molecule has 0 bridgehead atoms. The molecule has 0 spiro atoms. The summed E-state index contributed by atoms with van der Waals surface area (Å²) < 4.78 is 5.44. The average Bonchev–Trinajstić information content (AvgIpc) is 2.86. The van der Waals surface area contributed by atoms with Gasteiger partial charge in [-0.15, -0.1) is 0 Å². The number of nitrogens with zero attached hydrogens (tertiary/aromatic N) is 1. The molecule has 3 aromatic rings. The molecule has 2 atom stereocenters. The largest absolute Gasteiger partial charge is 0.507 e. The van der Waals surface area contributed by atoms with Crippen molar-refractivity contribution in [1.82, 2.24) is 10.2 Å². The summed E-state index contributed by atoms with van der Waals surface area (Å²) in [5.41, 5.74) is 0.689. The normalized spacial score (nSPS) is 13.1. The van der Waals surface area contributed by atoms with Crippen molar-refractivity contribution in [3.05, 3.63) is 71.8 Å². The van der Waals surface area contributed by atoms with E-state index in [-0.39, 0.29) is 11.7 Å². The lowest BCUT2D eigenvalue weighted by atomic mass is 9.96. The molecule has 3 N–H and O–H groups in total.